The second-order valence-electron chi connectivity index (χ2n) is 7.19. The molecule has 0 aliphatic carbocycles. The monoisotopic (exact) mass is 516 g/mol. The van der Waals surface area contributed by atoms with Gasteiger partial charge in [0, 0.05) is 11.0 Å². The molecule has 0 unspecified atom stereocenters. The molecular weight excluding hydrogens is 492 g/mol. The van der Waals surface area contributed by atoms with Crippen LogP contribution >= 0.6 is 15.9 Å². The third-order valence-electron chi connectivity index (χ3n) is 4.71. The summed E-state index contributed by atoms with van der Waals surface area (Å²) in [6.07, 6.45) is 0. The predicted octanol–water partition coefficient (Wildman–Crippen LogP) is 4.99. The Morgan fingerprint density at radius 3 is 2.31 bits per heavy atom. The van der Waals surface area contributed by atoms with Crippen molar-refractivity contribution >= 4 is 37.5 Å². The zero-order valence-electron chi connectivity index (χ0n) is 17.9. The minimum absolute atomic E-state index is 0.0595. The number of halogens is 1. The summed E-state index contributed by atoms with van der Waals surface area (Å²) in [6, 6.07) is 21.0. The Morgan fingerprint density at radius 2 is 1.66 bits per heavy atom. The van der Waals surface area contributed by atoms with Gasteiger partial charge in [0.2, 0.25) is 15.9 Å². The Morgan fingerprint density at radius 1 is 1.00 bits per heavy atom. The average molecular weight is 517 g/mol. The largest absolute Gasteiger partial charge is 0.492 e. The number of benzene rings is 3. The van der Waals surface area contributed by atoms with E-state index in [0.717, 1.165) is 15.6 Å². The second-order valence-corrected chi connectivity index (χ2v) is 10.0. The lowest BCUT2D eigenvalue weighted by Gasteiger charge is -2.22. The molecule has 3 aromatic rings. The van der Waals surface area contributed by atoms with Gasteiger partial charge in [-0.05, 0) is 55.8 Å². The molecule has 0 aliphatic rings. The molecule has 0 atom stereocenters. The van der Waals surface area contributed by atoms with Gasteiger partial charge in [-0.3, -0.25) is 4.79 Å². The van der Waals surface area contributed by atoms with E-state index in [1.807, 2.05) is 44.2 Å². The van der Waals surface area contributed by atoms with Crippen molar-refractivity contribution in [3.8, 4) is 5.75 Å². The van der Waals surface area contributed by atoms with Crippen LogP contribution in [0.15, 0.2) is 82.2 Å². The second kappa shape index (κ2) is 10.8. The van der Waals surface area contributed by atoms with Crippen molar-refractivity contribution in [2.75, 3.05) is 18.5 Å². The maximum atomic E-state index is 13.4. The van der Waals surface area contributed by atoms with E-state index in [-0.39, 0.29) is 18.0 Å². The molecule has 0 heterocycles. The fourth-order valence-electron chi connectivity index (χ4n) is 3.08. The number of hydrogen-bond donors (Lipinski definition) is 1. The van der Waals surface area contributed by atoms with Gasteiger partial charge >= 0.3 is 0 Å². The summed E-state index contributed by atoms with van der Waals surface area (Å²) < 4.78 is 34.4. The van der Waals surface area contributed by atoms with Crippen LogP contribution in [0.2, 0.25) is 0 Å². The molecule has 0 radical (unpaired) electrons. The first kappa shape index (κ1) is 24.0. The van der Waals surface area contributed by atoms with Gasteiger partial charge in [-0.15, -0.1) is 0 Å². The number of ether oxygens (including phenoxy) is 1. The summed E-state index contributed by atoms with van der Waals surface area (Å²) >= 11 is 3.38. The Labute approximate surface area is 197 Å². The molecule has 0 fully saturated rings. The number of sulfonamides is 1. The predicted molar refractivity (Wildman–Crippen MR) is 129 cm³/mol. The van der Waals surface area contributed by atoms with E-state index in [1.54, 1.807) is 42.5 Å². The zero-order valence-corrected chi connectivity index (χ0v) is 20.3. The van der Waals surface area contributed by atoms with E-state index < -0.39 is 15.9 Å². The van der Waals surface area contributed by atoms with Gasteiger partial charge < -0.3 is 10.1 Å². The quantitative estimate of drug-likeness (QED) is 0.434. The van der Waals surface area contributed by atoms with Crippen LogP contribution in [-0.2, 0) is 21.4 Å². The molecule has 0 saturated carbocycles. The molecule has 0 aromatic heterocycles. The Kier molecular flexibility index (Phi) is 8.06. The molecule has 0 spiro atoms. The van der Waals surface area contributed by atoms with Crippen LogP contribution < -0.4 is 10.1 Å². The highest BCUT2D eigenvalue weighted by Crippen LogP contribution is 2.25. The molecule has 0 saturated heterocycles. The zero-order chi connectivity index (χ0) is 23.1. The molecule has 168 valence electrons. The number of amides is 1. The fraction of sp³-hybridized carbons (Fsp3) is 0.208. The highest BCUT2D eigenvalue weighted by Gasteiger charge is 2.27. The van der Waals surface area contributed by atoms with E-state index >= 15 is 0 Å². The number of hydrogen-bond acceptors (Lipinski definition) is 4. The number of nitrogens with one attached hydrogen (secondary N) is 1. The summed E-state index contributed by atoms with van der Waals surface area (Å²) in [5, 5.41) is 2.78. The molecule has 32 heavy (non-hydrogen) atoms. The minimum Gasteiger partial charge on any atom is -0.492 e. The van der Waals surface area contributed by atoms with Crippen LogP contribution in [0.4, 0.5) is 5.69 Å². The maximum Gasteiger partial charge on any atom is 0.243 e. The number of carbonyl (C=O) groups is 1. The highest BCUT2D eigenvalue weighted by molar-refractivity contribution is 9.10. The first-order valence-electron chi connectivity index (χ1n) is 10.1. The van der Waals surface area contributed by atoms with Gasteiger partial charge in [0.05, 0.1) is 23.7 Å². The number of para-hydroxylation sites is 2. The van der Waals surface area contributed by atoms with Crippen molar-refractivity contribution in [1.82, 2.24) is 4.31 Å². The lowest BCUT2D eigenvalue weighted by molar-refractivity contribution is -0.116. The Bertz CT molecular complexity index is 1160. The number of rotatable bonds is 9. The molecule has 1 amide bonds. The Hall–Kier alpha value is -2.68. The van der Waals surface area contributed by atoms with Gasteiger partial charge in [0.1, 0.15) is 5.75 Å². The van der Waals surface area contributed by atoms with Crippen LogP contribution in [0.25, 0.3) is 0 Å². The van der Waals surface area contributed by atoms with E-state index in [2.05, 4.69) is 21.2 Å². The maximum absolute atomic E-state index is 13.4. The third-order valence-corrected chi connectivity index (χ3v) is 7.05. The van der Waals surface area contributed by atoms with E-state index in [1.165, 1.54) is 4.31 Å². The summed E-state index contributed by atoms with van der Waals surface area (Å²) in [7, 11) is -3.90. The number of aryl methyl sites for hydroxylation is 1. The third kappa shape index (κ3) is 6.18. The molecule has 8 heteroatoms. The summed E-state index contributed by atoms with van der Waals surface area (Å²) in [5.74, 6) is 0.0779. The van der Waals surface area contributed by atoms with Crippen molar-refractivity contribution in [3.05, 3.63) is 88.4 Å². The molecule has 0 bridgehead atoms. The van der Waals surface area contributed by atoms with Gasteiger partial charge in [0.15, 0.2) is 0 Å². The summed E-state index contributed by atoms with van der Waals surface area (Å²) in [6.45, 7) is 3.91. The SMILES string of the molecule is CCOc1ccccc1NC(=O)CN(Cc1ccc(Br)cc1)S(=O)(=O)c1ccc(C)cc1. The van der Waals surface area contributed by atoms with Gasteiger partial charge in [0.25, 0.3) is 0 Å². The smallest absolute Gasteiger partial charge is 0.243 e. The summed E-state index contributed by atoms with van der Waals surface area (Å²) in [5.41, 5.74) is 2.22. The van der Waals surface area contributed by atoms with Gasteiger partial charge in [-0.1, -0.05) is 57.9 Å². The van der Waals surface area contributed by atoms with Crippen LogP contribution in [0.3, 0.4) is 0 Å². The molecule has 6 nitrogen and oxygen atoms in total. The summed E-state index contributed by atoms with van der Waals surface area (Å²) in [4.78, 5) is 13.0. The van der Waals surface area contributed by atoms with Crippen LogP contribution in [0, 0.1) is 6.92 Å². The lowest BCUT2D eigenvalue weighted by Crippen LogP contribution is -2.37. The number of anilines is 1. The van der Waals surface area contributed by atoms with E-state index in [9.17, 15) is 13.2 Å². The molecule has 1 N–H and O–H groups in total. The van der Waals surface area contributed by atoms with Gasteiger partial charge in [-0.25, -0.2) is 8.42 Å². The van der Waals surface area contributed by atoms with Crippen LogP contribution in [0.5, 0.6) is 5.75 Å². The van der Waals surface area contributed by atoms with Gasteiger partial charge in [-0.2, -0.15) is 4.31 Å². The molecule has 3 rings (SSSR count). The lowest BCUT2D eigenvalue weighted by atomic mass is 10.2. The topological polar surface area (TPSA) is 75.7 Å². The van der Waals surface area contributed by atoms with Crippen molar-refractivity contribution in [2.24, 2.45) is 0 Å². The van der Waals surface area contributed by atoms with E-state index in [4.69, 9.17) is 4.74 Å². The highest BCUT2D eigenvalue weighted by atomic mass is 79.9. The molecule has 0 aliphatic heterocycles. The van der Waals surface area contributed by atoms with Crippen molar-refractivity contribution < 1.29 is 17.9 Å². The van der Waals surface area contributed by atoms with Crippen molar-refractivity contribution in [3.63, 3.8) is 0 Å². The standard InChI is InChI=1S/C24H25BrN2O4S/c1-3-31-23-7-5-4-6-22(23)26-24(28)17-27(16-19-10-12-20(25)13-11-19)32(29,30)21-14-8-18(2)9-15-21/h4-15H,3,16-17H2,1-2H3,(H,26,28). The van der Waals surface area contributed by atoms with E-state index in [0.29, 0.717) is 18.0 Å². The first-order valence-corrected chi connectivity index (χ1v) is 12.4. The minimum atomic E-state index is -3.90. The fourth-order valence-corrected chi connectivity index (χ4v) is 4.73. The van der Waals surface area contributed by atoms with Crippen LogP contribution in [-0.4, -0.2) is 31.8 Å². The average Bonchev–Trinajstić information content (AvgIpc) is 2.76. The number of nitrogens with zero attached hydrogens (tertiary/aromatic N) is 1. The molecule has 3 aromatic carbocycles. The first-order chi connectivity index (χ1) is 15.3. The van der Waals surface area contributed by atoms with Crippen molar-refractivity contribution in [2.45, 2.75) is 25.3 Å². The van der Waals surface area contributed by atoms with Crippen molar-refractivity contribution in [1.29, 1.82) is 0 Å². The Balaban J connectivity index is 1.87. The number of carbonyl (C=O) groups excluding carboxylic acids is 1. The molecular formula is C24H25BrN2O4S. The van der Waals surface area contributed by atoms with Crippen LogP contribution in [0.1, 0.15) is 18.1 Å². The normalized spacial score (nSPS) is 11.4.